The Morgan fingerprint density at radius 2 is 2.06 bits per heavy atom. The number of nitrogens with two attached hydrogens (primary N) is 1. The van der Waals surface area contributed by atoms with Gasteiger partial charge in [-0.15, -0.1) is 0 Å². The fourth-order valence-corrected chi connectivity index (χ4v) is 1.63. The van der Waals surface area contributed by atoms with Crippen molar-refractivity contribution in [1.82, 2.24) is 4.98 Å². The van der Waals surface area contributed by atoms with Gasteiger partial charge in [0.05, 0.1) is 10.6 Å². The van der Waals surface area contributed by atoms with Crippen LogP contribution in [0, 0.1) is 11.3 Å². The lowest BCUT2D eigenvalue weighted by Crippen LogP contribution is -1.98. The molecule has 18 heavy (non-hydrogen) atoms. The molecule has 0 atom stereocenters. The quantitative estimate of drug-likeness (QED) is 0.911. The highest BCUT2D eigenvalue weighted by Gasteiger charge is 2.11. The number of nitriles is 1. The third-order valence-corrected chi connectivity index (χ3v) is 3.00. The smallest absolute Gasteiger partial charge is 0.244 e. The summed E-state index contributed by atoms with van der Waals surface area (Å²) in [7, 11) is 0. The SMILES string of the molecule is N#Cc1ccnc(Oc2cccc(Cl)c2Cl)c1N. The van der Waals surface area contributed by atoms with Gasteiger partial charge in [-0.25, -0.2) is 4.98 Å². The van der Waals surface area contributed by atoms with E-state index in [2.05, 4.69) is 4.98 Å². The molecule has 2 rings (SSSR count). The van der Waals surface area contributed by atoms with Crippen LogP contribution in [0.1, 0.15) is 5.56 Å². The molecule has 0 aliphatic rings. The third kappa shape index (κ3) is 2.33. The summed E-state index contributed by atoms with van der Waals surface area (Å²) in [5, 5.41) is 9.48. The summed E-state index contributed by atoms with van der Waals surface area (Å²) in [6, 6.07) is 8.40. The Balaban J connectivity index is 2.41. The van der Waals surface area contributed by atoms with Gasteiger partial charge in [-0.05, 0) is 18.2 Å². The first kappa shape index (κ1) is 12.5. The van der Waals surface area contributed by atoms with Gasteiger partial charge in [0, 0.05) is 6.20 Å². The number of rotatable bonds is 2. The number of halogens is 2. The van der Waals surface area contributed by atoms with E-state index >= 15 is 0 Å². The summed E-state index contributed by atoms with van der Waals surface area (Å²) < 4.78 is 5.46. The zero-order chi connectivity index (χ0) is 13.1. The van der Waals surface area contributed by atoms with Crippen molar-refractivity contribution >= 4 is 28.9 Å². The third-order valence-electron chi connectivity index (χ3n) is 2.20. The van der Waals surface area contributed by atoms with Gasteiger partial charge in [0.2, 0.25) is 5.88 Å². The summed E-state index contributed by atoms with van der Waals surface area (Å²) in [6.07, 6.45) is 1.43. The van der Waals surface area contributed by atoms with Crippen LogP contribution in [0.15, 0.2) is 30.5 Å². The van der Waals surface area contributed by atoms with Gasteiger partial charge in [-0.1, -0.05) is 29.3 Å². The first-order chi connectivity index (χ1) is 8.63. The van der Waals surface area contributed by atoms with Crippen molar-refractivity contribution in [2.24, 2.45) is 0 Å². The summed E-state index contributed by atoms with van der Waals surface area (Å²) in [5.41, 5.74) is 6.20. The minimum absolute atomic E-state index is 0.123. The van der Waals surface area contributed by atoms with Crippen molar-refractivity contribution in [2.75, 3.05) is 5.73 Å². The number of nitrogen functional groups attached to an aromatic ring is 1. The molecule has 0 bridgehead atoms. The Kier molecular flexibility index (Phi) is 3.56. The van der Waals surface area contributed by atoms with Crippen molar-refractivity contribution in [2.45, 2.75) is 0 Å². The molecule has 0 radical (unpaired) electrons. The highest BCUT2D eigenvalue weighted by Crippen LogP contribution is 2.35. The lowest BCUT2D eigenvalue weighted by molar-refractivity contribution is 0.465. The predicted molar refractivity (Wildman–Crippen MR) is 69.9 cm³/mol. The molecule has 90 valence electrons. The van der Waals surface area contributed by atoms with E-state index in [0.29, 0.717) is 10.8 Å². The van der Waals surface area contributed by atoms with Crippen LogP contribution in [0.4, 0.5) is 5.69 Å². The molecule has 0 saturated carbocycles. The minimum Gasteiger partial charge on any atom is -0.435 e. The number of ether oxygens (including phenoxy) is 1. The first-order valence-electron chi connectivity index (χ1n) is 4.90. The highest BCUT2D eigenvalue weighted by atomic mass is 35.5. The number of benzene rings is 1. The number of hydrogen-bond donors (Lipinski definition) is 1. The molecule has 2 N–H and O–H groups in total. The second-order valence-corrected chi connectivity index (χ2v) is 4.13. The van der Waals surface area contributed by atoms with Crippen molar-refractivity contribution in [1.29, 1.82) is 5.26 Å². The Hall–Kier alpha value is -1.96. The number of nitrogens with zero attached hydrogens (tertiary/aromatic N) is 2. The average molecular weight is 280 g/mol. The molecule has 0 saturated heterocycles. The monoisotopic (exact) mass is 279 g/mol. The Morgan fingerprint density at radius 3 is 2.78 bits per heavy atom. The molecule has 1 aromatic carbocycles. The maximum Gasteiger partial charge on any atom is 0.244 e. The zero-order valence-corrected chi connectivity index (χ0v) is 10.5. The maximum absolute atomic E-state index is 8.85. The Bertz CT molecular complexity index is 638. The first-order valence-corrected chi connectivity index (χ1v) is 5.65. The second-order valence-electron chi connectivity index (χ2n) is 3.34. The van der Waals surface area contributed by atoms with Gasteiger partial charge in [-0.2, -0.15) is 5.26 Å². The standard InChI is InChI=1S/C12H7Cl2N3O/c13-8-2-1-3-9(10(8)14)18-12-11(16)7(6-15)4-5-17-12/h1-5H,16H2. The van der Waals surface area contributed by atoms with Gasteiger partial charge in [-0.3, -0.25) is 0 Å². The van der Waals surface area contributed by atoms with Crippen molar-refractivity contribution in [3.8, 4) is 17.7 Å². The second kappa shape index (κ2) is 5.13. The number of anilines is 1. The zero-order valence-electron chi connectivity index (χ0n) is 9.02. The fraction of sp³-hybridized carbons (Fsp3) is 0. The maximum atomic E-state index is 8.85. The highest BCUT2D eigenvalue weighted by molar-refractivity contribution is 6.42. The summed E-state index contributed by atoms with van der Waals surface area (Å²) in [6.45, 7) is 0. The van der Waals surface area contributed by atoms with E-state index in [1.54, 1.807) is 18.2 Å². The minimum atomic E-state index is 0.123. The molecular formula is C12H7Cl2N3O. The largest absolute Gasteiger partial charge is 0.435 e. The van der Waals surface area contributed by atoms with Crippen LogP contribution in [-0.2, 0) is 0 Å². The Labute approximate surface area is 114 Å². The van der Waals surface area contributed by atoms with Crippen LogP contribution in [0.5, 0.6) is 11.6 Å². The van der Waals surface area contributed by atoms with Gasteiger partial charge in [0.1, 0.15) is 22.5 Å². The van der Waals surface area contributed by atoms with Gasteiger partial charge >= 0.3 is 0 Å². The number of pyridine rings is 1. The van der Waals surface area contributed by atoms with Crippen molar-refractivity contribution in [3.63, 3.8) is 0 Å². The molecular weight excluding hydrogens is 273 g/mol. The molecule has 4 nitrogen and oxygen atoms in total. The van der Waals surface area contributed by atoms with Crippen LogP contribution in [0.3, 0.4) is 0 Å². The fourth-order valence-electron chi connectivity index (χ4n) is 1.30. The van der Waals surface area contributed by atoms with Crippen LogP contribution in [0.25, 0.3) is 0 Å². The molecule has 0 aliphatic carbocycles. The molecule has 0 spiro atoms. The summed E-state index contributed by atoms with van der Waals surface area (Å²) in [4.78, 5) is 3.95. The summed E-state index contributed by atoms with van der Waals surface area (Å²) >= 11 is 11.8. The lowest BCUT2D eigenvalue weighted by atomic mass is 10.2. The molecule has 0 unspecified atom stereocenters. The van der Waals surface area contributed by atoms with Gasteiger partial charge in [0.25, 0.3) is 0 Å². The molecule has 1 heterocycles. The van der Waals surface area contributed by atoms with E-state index in [1.165, 1.54) is 12.3 Å². The molecule has 2 aromatic rings. The van der Waals surface area contributed by atoms with Gasteiger partial charge in [0.15, 0.2) is 0 Å². The van der Waals surface area contributed by atoms with Crippen LogP contribution in [0.2, 0.25) is 10.0 Å². The molecule has 0 fully saturated rings. The molecule has 1 aromatic heterocycles. The van der Waals surface area contributed by atoms with Crippen molar-refractivity contribution in [3.05, 3.63) is 46.1 Å². The van der Waals surface area contributed by atoms with E-state index in [-0.39, 0.29) is 22.2 Å². The summed E-state index contributed by atoms with van der Waals surface area (Å²) in [5.74, 6) is 0.455. The molecule has 0 aliphatic heterocycles. The predicted octanol–water partition coefficient (Wildman–Crippen LogP) is 3.63. The topological polar surface area (TPSA) is 71.9 Å². The van der Waals surface area contributed by atoms with E-state index in [0.717, 1.165) is 0 Å². The molecule has 0 amide bonds. The van der Waals surface area contributed by atoms with Crippen molar-refractivity contribution < 1.29 is 4.74 Å². The molecule has 6 heteroatoms. The van der Waals surface area contributed by atoms with Crippen LogP contribution >= 0.6 is 23.2 Å². The van der Waals surface area contributed by atoms with E-state index < -0.39 is 0 Å². The van der Waals surface area contributed by atoms with E-state index in [4.69, 9.17) is 38.9 Å². The van der Waals surface area contributed by atoms with Crippen LogP contribution < -0.4 is 10.5 Å². The average Bonchev–Trinajstić information content (AvgIpc) is 2.37. The Morgan fingerprint density at radius 1 is 1.28 bits per heavy atom. The normalized spacial score (nSPS) is 9.83. The van der Waals surface area contributed by atoms with E-state index in [1.807, 2.05) is 6.07 Å². The number of aromatic nitrogens is 1. The van der Waals surface area contributed by atoms with Crippen LogP contribution in [-0.4, -0.2) is 4.98 Å². The van der Waals surface area contributed by atoms with E-state index in [9.17, 15) is 0 Å². The van der Waals surface area contributed by atoms with Gasteiger partial charge < -0.3 is 10.5 Å². The number of hydrogen-bond acceptors (Lipinski definition) is 4. The lowest BCUT2D eigenvalue weighted by Gasteiger charge is -2.09.